The summed E-state index contributed by atoms with van der Waals surface area (Å²) in [7, 11) is 5.00. The Morgan fingerprint density at radius 1 is 1.04 bits per heavy atom. The van der Waals surface area contributed by atoms with Crippen LogP contribution in [0.1, 0.15) is 38.8 Å². The molecule has 0 bridgehead atoms. The van der Waals surface area contributed by atoms with Crippen molar-refractivity contribution in [1.29, 1.82) is 0 Å². The minimum absolute atomic E-state index is 0.0874. The second kappa shape index (κ2) is 8.29. The first-order valence-corrected chi connectivity index (χ1v) is 8.17. The van der Waals surface area contributed by atoms with Gasteiger partial charge in [0.25, 0.3) is 5.91 Å². The molecule has 0 atom stereocenters. The lowest BCUT2D eigenvalue weighted by molar-refractivity contribution is 0.0827. The molecule has 4 heteroatoms. The lowest BCUT2D eigenvalue weighted by Gasteiger charge is -2.10. The summed E-state index contributed by atoms with van der Waals surface area (Å²) < 4.78 is 5.34. The normalized spacial score (nSPS) is 10.7. The maximum absolute atomic E-state index is 12.4. The first-order valence-electron chi connectivity index (χ1n) is 8.17. The molecule has 2 aromatic rings. The van der Waals surface area contributed by atoms with Crippen molar-refractivity contribution in [3.8, 4) is 5.75 Å². The van der Waals surface area contributed by atoms with Crippen LogP contribution in [0.25, 0.3) is 6.08 Å². The summed E-state index contributed by atoms with van der Waals surface area (Å²) in [5.74, 6) is 0.525. The summed E-state index contributed by atoms with van der Waals surface area (Å²) in [5, 5.41) is 0. The molecule has 0 fully saturated rings. The van der Waals surface area contributed by atoms with E-state index in [0.717, 1.165) is 17.7 Å². The number of allylic oxidation sites excluding steroid dienone is 1. The molecule has 1 amide bonds. The molecule has 130 valence electrons. The largest absolute Gasteiger partial charge is 0.496 e. The topological polar surface area (TPSA) is 46.6 Å². The monoisotopic (exact) mass is 337 g/mol. The Morgan fingerprint density at radius 3 is 2.24 bits per heavy atom. The molecule has 0 saturated heterocycles. The maximum Gasteiger partial charge on any atom is 0.253 e. The van der Waals surface area contributed by atoms with E-state index in [4.69, 9.17) is 4.74 Å². The van der Waals surface area contributed by atoms with E-state index in [1.165, 1.54) is 16.5 Å². The molecule has 0 heterocycles. The van der Waals surface area contributed by atoms with Crippen molar-refractivity contribution in [1.82, 2.24) is 4.90 Å². The Labute approximate surface area is 148 Å². The molecule has 0 aliphatic heterocycles. The van der Waals surface area contributed by atoms with Crippen molar-refractivity contribution < 1.29 is 14.3 Å². The highest BCUT2D eigenvalue weighted by Gasteiger charge is 2.09. The van der Waals surface area contributed by atoms with Gasteiger partial charge in [-0.3, -0.25) is 9.59 Å². The number of amides is 1. The van der Waals surface area contributed by atoms with E-state index >= 15 is 0 Å². The third kappa shape index (κ3) is 4.57. The van der Waals surface area contributed by atoms with Gasteiger partial charge in [0.2, 0.25) is 0 Å². The number of benzene rings is 2. The highest BCUT2D eigenvalue weighted by molar-refractivity contribution is 6.07. The number of nitrogens with zero attached hydrogens (tertiary/aromatic N) is 1. The van der Waals surface area contributed by atoms with E-state index in [0.29, 0.717) is 11.1 Å². The Morgan fingerprint density at radius 2 is 1.68 bits per heavy atom. The molecule has 0 unspecified atom stereocenters. The number of rotatable bonds is 6. The zero-order chi connectivity index (χ0) is 18.4. The van der Waals surface area contributed by atoms with Crippen molar-refractivity contribution in [3.63, 3.8) is 0 Å². The minimum Gasteiger partial charge on any atom is -0.496 e. The number of ketones is 1. The molecule has 0 aliphatic carbocycles. The van der Waals surface area contributed by atoms with Gasteiger partial charge in [0.1, 0.15) is 5.75 Å². The number of methoxy groups -OCH3 is 1. The number of aryl methyl sites for hydroxylation is 1. The average Bonchev–Trinajstić information content (AvgIpc) is 2.65. The molecule has 0 aliphatic rings. The summed E-state index contributed by atoms with van der Waals surface area (Å²) in [4.78, 5) is 25.7. The second-order valence-corrected chi connectivity index (χ2v) is 5.90. The fourth-order valence-corrected chi connectivity index (χ4v) is 2.43. The number of carbonyl (C=O) groups excluding carboxylic acids is 2. The molecule has 0 spiro atoms. The van der Waals surface area contributed by atoms with Crippen LogP contribution in [0.5, 0.6) is 5.75 Å². The van der Waals surface area contributed by atoms with Gasteiger partial charge in [0, 0.05) is 30.8 Å². The molecule has 4 nitrogen and oxygen atoms in total. The average molecular weight is 337 g/mol. The van der Waals surface area contributed by atoms with Gasteiger partial charge in [0.05, 0.1) is 7.11 Å². The minimum atomic E-state index is -0.118. The summed E-state index contributed by atoms with van der Waals surface area (Å²) in [5.41, 5.74) is 3.15. The maximum atomic E-state index is 12.4. The third-order valence-corrected chi connectivity index (χ3v) is 3.94. The molecule has 0 aromatic heterocycles. The van der Waals surface area contributed by atoms with Crippen molar-refractivity contribution >= 4 is 17.8 Å². The molecule has 2 aromatic carbocycles. The number of hydrogen-bond donors (Lipinski definition) is 0. The summed E-state index contributed by atoms with van der Waals surface area (Å²) in [6, 6.07) is 12.6. The van der Waals surface area contributed by atoms with Crippen LogP contribution < -0.4 is 4.74 Å². The van der Waals surface area contributed by atoms with Crippen LogP contribution >= 0.6 is 0 Å². The predicted octanol–water partition coefficient (Wildman–Crippen LogP) is 3.86. The van der Waals surface area contributed by atoms with E-state index in [1.807, 2.05) is 18.2 Å². The second-order valence-electron chi connectivity index (χ2n) is 5.90. The molecule has 2 rings (SSSR count). The van der Waals surface area contributed by atoms with Crippen molar-refractivity contribution in [2.75, 3.05) is 21.2 Å². The summed E-state index contributed by atoms with van der Waals surface area (Å²) >= 11 is 0. The quantitative estimate of drug-likeness (QED) is 0.594. The van der Waals surface area contributed by atoms with Crippen LogP contribution in [0.4, 0.5) is 0 Å². The highest BCUT2D eigenvalue weighted by atomic mass is 16.5. The first kappa shape index (κ1) is 18.5. The molecule has 0 N–H and O–H groups in total. The van der Waals surface area contributed by atoms with Gasteiger partial charge in [-0.2, -0.15) is 0 Å². The summed E-state index contributed by atoms with van der Waals surface area (Å²) in [6.45, 7) is 2.08. The fourth-order valence-electron chi connectivity index (χ4n) is 2.43. The number of ether oxygens (including phenoxy) is 1. The SMILES string of the molecule is CCc1ccc(OC)c(/C=C/C(=O)c2ccc(C(=O)N(C)C)cc2)c1. The van der Waals surface area contributed by atoms with Gasteiger partial charge >= 0.3 is 0 Å². The zero-order valence-corrected chi connectivity index (χ0v) is 15.1. The van der Waals surface area contributed by atoms with Gasteiger partial charge in [-0.25, -0.2) is 0 Å². The van der Waals surface area contributed by atoms with Gasteiger partial charge in [-0.1, -0.05) is 25.1 Å². The molecular formula is C21H23NO3. The van der Waals surface area contributed by atoms with Crippen molar-refractivity contribution in [2.45, 2.75) is 13.3 Å². The van der Waals surface area contributed by atoms with Crippen LogP contribution in [0.2, 0.25) is 0 Å². The van der Waals surface area contributed by atoms with Crippen LogP contribution in [-0.2, 0) is 6.42 Å². The Balaban J connectivity index is 2.19. The molecule has 25 heavy (non-hydrogen) atoms. The van der Waals surface area contributed by atoms with Crippen LogP contribution in [-0.4, -0.2) is 37.8 Å². The lowest BCUT2D eigenvalue weighted by atomic mass is 10.0. The van der Waals surface area contributed by atoms with E-state index in [1.54, 1.807) is 51.5 Å². The smallest absolute Gasteiger partial charge is 0.253 e. The highest BCUT2D eigenvalue weighted by Crippen LogP contribution is 2.22. The lowest BCUT2D eigenvalue weighted by Crippen LogP contribution is -2.21. The van der Waals surface area contributed by atoms with E-state index in [2.05, 4.69) is 6.92 Å². The van der Waals surface area contributed by atoms with E-state index in [9.17, 15) is 9.59 Å². The van der Waals surface area contributed by atoms with E-state index < -0.39 is 0 Å². The zero-order valence-electron chi connectivity index (χ0n) is 15.1. The van der Waals surface area contributed by atoms with Gasteiger partial charge < -0.3 is 9.64 Å². The Kier molecular flexibility index (Phi) is 6.12. The number of hydrogen-bond acceptors (Lipinski definition) is 3. The van der Waals surface area contributed by atoms with Crippen molar-refractivity contribution in [3.05, 3.63) is 70.8 Å². The number of carbonyl (C=O) groups is 2. The molecule has 0 saturated carbocycles. The Bertz CT molecular complexity index is 789. The van der Waals surface area contributed by atoms with Gasteiger partial charge in [-0.15, -0.1) is 0 Å². The van der Waals surface area contributed by atoms with Crippen LogP contribution in [0, 0.1) is 0 Å². The Hall–Kier alpha value is -2.88. The van der Waals surface area contributed by atoms with Crippen molar-refractivity contribution in [2.24, 2.45) is 0 Å². The summed E-state index contributed by atoms with van der Waals surface area (Å²) in [6.07, 6.45) is 4.21. The van der Waals surface area contributed by atoms with Crippen LogP contribution in [0.15, 0.2) is 48.5 Å². The standard InChI is InChI=1S/C21H23NO3/c1-5-15-6-13-20(25-4)18(14-15)11-12-19(23)16-7-9-17(10-8-16)21(24)22(2)3/h6-14H,5H2,1-4H3/b12-11+. The fraction of sp³-hybridized carbons (Fsp3) is 0.238. The molecular weight excluding hydrogens is 314 g/mol. The first-order chi connectivity index (χ1) is 12.0. The molecule has 0 radical (unpaired) electrons. The van der Waals surface area contributed by atoms with Crippen LogP contribution in [0.3, 0.4) is 0 Å². The van der Waals surface area contributed by atoms with Gasteiger partial charge in [-0.05, 0) is 48.4 Å². The third-order valence-electron chi connectivity index (χ3n) is 3.94. The van der Waals surface area contributed by atoms with E-state index in [-0.39, 0.29) is 11.7 Å². The predicted molar refractivity (Wildman–Crippen MR) is 100 cm³/mol. The van der Waals surface area contributed by atoms with Gasteiger partial charge in [0.15, 0.2) is 5.78 Å².